The molecule has 18 heavy (non-hydrogen) atoms. The number of guanidine groups is 1. The fourth-order valence-electron chi connectivity index (χ4n) is 1.30. The molecule has 0 saturated heterocycles. The summed E-state index contributed by atoms with van der Waals surface area (Å²) in [5, 5.41) is 0. The third kappa shape index (κ3) is 3.23. The topological polar surface area (TPSA) is 98.5 Å². The zero-order valence-corrected chi connectivity index (χ0v) is 12.6. The minimum Gasteiger partial charge on any atom is -0.370 e. The second-order valence-corrected chi connectivity index (χ2v) is 7.96. The molecule has 0 aliphatic carbocycles. The molecule has 0 radical (unpaired) electrons. The van der Waals surface area contributed by atoms with Crippen LogP contribution in [0, 0.1) is 0 Å². The number of nitrogens with zero attached hydrogens (tertiary/aromatic N) is 1. The largest absolute Gasteiger partial charge is 0.370 e. The van der Waals surface area contributed by atoms with E-state index in [0.717, 1.165) is 4.47 Å². The fourth-order valence-corrected chi connectivity index (χ4v) is 2.93. The van der Waals surface area contributed by atoms with Crippen LogP contribution in [0.15, 0.2) is 38.6 Å². The Morgan fingerprint density at radius 3 is 2.22 bits per heavy atom. The first-order chi connectivity index (χ1) is 8.17. The van der Waals surface area contributed by atoms with Crippen molar-refractivity contribution in [3.63, 3.8) is 0 Å². The summed E-state index contributed by atoms with van der Waals surface area (Å²) in [7, 11) is -3.49. The number of nitrogens with two attached hydrogens (primary N) is 2. The van der Waals surface area contributed by atoms with Crippen LogP contribution in [0.25, 0.3) is 0 Å². The van der Waals surface area contributed by atoms with Crippen molar-refractivity contribution < 1.29 is 8.42 Å². The molecule has 4 N–H and O–H groups in total. The normalized spacial score (nSPS) is 12.2. The van der Waals surface area contributed by atoms with E-state index in [0.29, 0.717) is 0 Å². The van der Waals surface area contributed by atoms with Crippen molar-refractivity contribution in [2.24, 2.45) is 16.5 Å². The summed E-state index contributed by atoms with van der Waals surface area (Å²) < 4.78 is 24.6. The van der Waals surface area contributed by atoms with E-state index < -0.39 is 14.6 Å². The smallest absolute Gasteiger partial charge is 0.185 e. The Kier molecular flexibility index (Phi) is 4.39. The molecule has 0 fully saturated rings. The number of aliphatic imine (C=N–C) groups is 1. The zero-order chi connectivity index (χ0) is 14.0. The van der Waals surface area contributed by atoms with Crippen LogP contribution in [0.1, 0.15) is 13.8 Å². The lowest BCUT2D eigenvalue weighted by Gasteiger charge is -2.22. The van der Waals surface area contributed by atoms with Crippen LogP contribution in [0.5, 0.6) is 0 Å². The molecule has 0 atom stereocenters. The van der Waals surface area contributed by atoms with Crippen LogP contribution in [0.3, 0.4) is 0 Å². The van der Waals surface area contributed by atoms with Crippen molar-refractivity contribution in [1.29, 1.82) is 0 Å². The van der Waals surface area contributed by atoms with E-state index in [1.165, 1.54) is 0 Å². The van der Waals surface area contributed by atoms with E-state index in [-0.39, 0.29) is 17.4 Å². The Bertz CT molecular complexity index is 546. The Balaban J connectivity index is 3.13. The highest BCUT2D eigenvalue weighted by Crippen LogP contribution is 2.26. The molecule has 0 saturated carbocycles. The number of hydrogen-bond acceptors (Lipinski definition) is 3. The van der Waals surface area contributed by atoms with E-state index in [9.17, 15) is 8.42 Å². The van der Waals surface area contributed by atoms with Crippen molar-refractivity contribution in [2.45, 2.75) is 23.5 Å². The molecule has 1 aromatic rings. The molecule has 5 nitrogen and oxygen atoms in total. The van der Waals surface area contributed by atoms with Gasteiger partial charge >= 0.3 is 0 Å². The Labute approximate surface area is 115 Å². The lowest BCUT2D eigenvalue weighted by molar-refractivity contribution is 0.549. The lowest BCUT2D eigenvalue weighted by atomic mass is 10.2. The van der Waals surface area contributed by atoms with E-state index in [1.54, 1.807) is 38.1 Å². The Morgan fingerprint density at radius 1 is 1.28 bits per heavy atom. The Hall–Kier alpha value is -1.08. The molecule has 0 unspecified atom stereocenters. The highest BCUT2D eigenvalue weighted by Gasteiger charge is 2.35. The first-order valence-electron chi connectivity index (χ1n) is 5.22. The molecule has 1 aromatic carbocycles. The quantitative estimate of drug-likeness (QED) is 0.640. The maximum atomic E-state index is 12.4. The minimum absolute atomic E-state index is 0.0216. The van der Waals surface area contributed by atoms with Gasteiger partial charge in [-0.2, -0.15) is 0 Å². The Morgan fingerprint density at radius 2 is 1.78 bits per heavy atom. The molecule has 0 amide bonds. The molecule has 0 aliphatic rings. The molecule has 1 rings (SSSR count). The van der Waals surface area contributed by atoms with Gasteiger partial charge < -0.3 is 11.5 Å². The zero-order valence-electron chi connectivity index (χ0n) is 10.2. The number of rotatable bonds is 4. The minimum atomic E-state index is -3.49. The van der Waals surface area contributed by atoms with Gasteiger partial charge in [-0.15, -0.1) is 0 Å². The monoisotopic (exact) mass is 333 g/mol. The van der Waals surface area contributed by atoms with Gasteiger partial charge in [0, 0.05) is 4.47 Å². The maximum absolute atomic E-state index is 12.4. The molecule has 0 bridgehead atoms. The predicted molar refractivity (Wildman–Crippen MR) is 76.1 cm³/mol. The van der Waals surface area contributed by atoms with Crippen LogP contribution in [0.2, 0.25) is 0 Å². The SMILES string of the molecule is CC(C)(CN=C(N)N)S(=O)(=O)c1ccc(Br)cc1. The summed E-state index contributed by atoms with van der Waals surface area (Å²) in [6, 6.07) is 6.47. The van der Waals surface area contributed by atoms with Gasteiger partial charge in [0.1, 0.15) is 0 Å². The number of hydrogen-bond donors (Lipinski definition) is 2. The number of halogens is 1. The predicted octanol–water partition coefficient (Wildman–Crippen LogP) is 1.27. The van der Waals surface area contributed by atoms with Gasteiger partial charge in [-0.05, 0) is 38.1 Å². The highest BCUT2D eigenvalue weighted by molar-refractivity contribution is 9.10. The van der Waals surface area contributed by atoms with Gasteiger partial charge in [0.2, 0.25) is 0 Å². The van der Waals surface area contributed by atoms with E-state index in [1.807, 2.05) is 0 Å². The molecule has 7 heteroatoms. The van der Waals surface area contributed by atoms with E-state index in [4.69, 9.17) is 11.5 Å². The third-order valence-electron chi connectivity index (χ3n) is 2.49. The van der Waals surface area contributed by atoms with Crippen LogP contribution in [0.4, 0.5) is 0 Å². The second-order valence-electron chi connectivity index (χ2n) is 4.46. The summed E-state index contributed by atoms with van der Waals surface area (Å²) in [6.45, 7) is 3.21. The van der Waals surface area contributed by atoms with Crippen molar-refractivity contribution in [3.05, 3.63) is 28.7 Å². The number of sulfone groups is 1. The third-order valence-corrected chi connectivity index (χ3v) is 5.50. The van der Waals surface area contributed by atoms with Crippen molar-refractivity contribution in [3.8, 4) is 0 Å². The summed E-state index contributed by atoms with van der Waals surface area (Å²) >= 11 is 3.26. The van der Waals surface area contributed by atoms with Gasteiger partial charge in [0.25, 0.3) is 0 Å². The van der Waals surface area contributed by atoms with Crippen molar-refractivity contribution in [2.75, 3.05) is 6.54 Å². The molecule has 100 valence electrons. The first-order valence-corrected chi connectivity index (χ1v) is 7.50. The van der Waals surface area contributed by atoms with Gasteiger partial charge in [0.15, 0.2) is 15.8 Å². The van der Waals surface area contributed by atoms with E-state index in [2.05, 4.69) is 20.9 Å². The molecule has 0 aromatic heterocycles. The average Bonchev–Trinajstić information content (AvgIpc) is 2.27. The molecule has 0 spiro atoms. The molecule has 0 heterocycles. The van der Waals surface area contributed by atoms with Crippen molar-refractivity contribution >= 4 is 31.7 Å². The molecular weight excluding hydrogens is 318 g/mol. The summed E-state index contributed by atoms with van der Waals surface area (Å²) in [6.07, 6.45) is 0. The van der Waals surface area contributed by atoms with Gasteiger partial charge in [-0.1, -0.05) is 15.9 Å². The summed E-state index contributed by atoms with van der Waals surface area (Å²) in [5.41, 5.74) is 10.5. The summed E-state index contributed by atoms with van der Waals surface area (Å²) in [5.74, 6) is -0.117. The van der Waals surface area contributed by atoms with E-state index >= 15 is 0 Å². The number of benzene rings is 1. The summed E-state index contributed by atoms with van der Waals surface area (Å²) in [4.78, 5) is 4.04. The molecular formula is C11H16BrN3O2S. The molecule has 0 aliphatic heterocycles. The van der Waals surface area contributed by atoms with Crippen LogP contribution in [-0.4, -0.2) is 25.7 Å². The second kappa shape index (κ2) is 5.27. The average molecular weight is 334 g/mol. The fraction of sp³-hybridized carbons (Fsp3) is 0.364. The van der Waals surface area contributed by atoms with Crippen LogP contribution >= 0.6 is 15.9 Å². The maximum Gasteiger partial charge on any atom is 0.185 e. The van der Waals surface area contributed by atoms with Crippen molar-refractivity contribution in [1.82, 2.24) is 0 Å². The van der Waals surface area contributed by atoms with Crippen LogP contribution in [-0.2, 0) is 9.84 Å². The first kappa shape index (κ1) is 15.0. The lowest BCUT2D eigenvalue weighted by Crippen LogP contribution is -2.37. The van der Waals surface area contributed by atoms with Gasteiger partial charge in [0.05, 0.1) is 16.2 Å². The van der Waals surface area contributed by atoms with Crippen LogP contribution < -0.4 is 11.5 Å². The standard InChI is InChI=1S/C11H16BrN3O2S/c1-11(2,7-15-10(13)14)18(16,17)9-5-3-8(12)4-6-9/h3-6H,7H2,1-2H3,(H4,13,14,15). The van der Waals surface area contributed by atoms with Gasteiger partial charge in [-0.3, -0.25) is 4.99 Å². The van der Waals surface area contributed by atoms with Gasteiger partial charge in [-0.25, -0.2) is 8.42 Å². The highest BCUT2D eigenvalue weighted by atomic mass is 79.9.